The molecule has 0 amide bonds. The van der Waals surface area contributed by atoms with Gasteiger partial charge in [0.05, 0.1) is 16.7 Å². The van der Waals surface area contributed by atoms with Crippen LogP contribution in [0.1, 0.15) is 36.6 Å². The number of hydrogen-bond donors (Lipinski definition) is 1. The molecule has 21 heavy (non-hydrogen) atoms. The lowest BCUT2D eigenvalue weighted by Crippen LogP contribution is -2.16. The fraction of sp³-hybridized carbons (Fsp3) is 0.0625. The second kappa shape index (κ2) is 6.00. The number of carboxylic acids is 1. The number of benzene rings is 2. The fourth-order valence-corrected chi connectivity index (χ4v) is 1.84. The Balaban J connectivity index is 2.25. The van der Waals surface area contributed by atoms with Crippen molar-refractivity contribution in [1.29, 1.82) is 0 Å². The van der Waals surface area contributed by atoms with Crippen molar-refractivity contribution in [2.24, 2.45) is 0 Å². The predicted molar refractivity (Wildman–Crippen MR) is 74.3 cm³/mol. The maximum absolute atomic E-state index is 12.0. The quantitative estimate of drug-likeness (QED) is 0.692. The normalized spacial score (nSPS) is 9.95. The number of hydrogen-bond acceptors (Lipinski definition) is 4. The van der Waals surface area contributed by atoms with Gasteiger partial charge in [-0.3, -0.25) is 0 Å². The number of carbonyl (C=O) groups excluding carboxylic acids is 2. The summed E-state index contributed by atoms with van der Waals surface area (Å²) in [6, 6.07) is 12.2. The molecule has 0 spiro atoms. The minimum atomic E-state index is -1.26. The van der Waals surface area contributed by atoms with Gasteiger partial charge < -0.3 is 9.84 Å². The third-order valence-electron chi connectivity index (χ3n) is 2.93. The van der Waals surface area contributed by atoms with E-state index >= 15 is 0 Å². The van der Waals surface area contributed by atoms with Crippen LogP contribution in [0.4, 0.5) is 0 Å². The van der Waals surface area contributed by atoms with Crippen LogP contribution in [0, 0.1) is 6.92 Å². The number of esters is 2. The highest BCUT2D eigenvalue weighted by molar-refractivity contribution is 6.08. The molecule has 1 N–H and O–H groups in total. The van der Waals surface area contributed by atoms with E-state index < -0.39 is 17.9 Å². The molecule has 106 valence electrons. The van der Waals surface area contributed by atoms with Gasteiger partial charge in [-0.1, -0.05) is 30.3 Å². The molecule has 0 aliphatic rings. The van der Waals surface area contributed by atoms with Crippen molar-refractivity contribution in [3.8, 4) is 0 Å². The highest BCUT2D eigenvalue weighted by atomic mass is 16.6. The van der Waals surface area contributed by atoms with E-state index in [9.17, 15) is 14.4 Å². The lowest BCUT2D eigenvalue weighted by atomic mass is 10.1. The molecule has 2 aromatic rings. The van der Waals surface area contributed by atoms with Crippen LogP contribution < -0.4 is 0 Å². The van der Waals surface area contributed by atoms with E-state index in [1.807, 2.05) is 0 Å². The van der Waals surface area contributed by atoms with E-state index in [4.69, 9.17) is 9.84 Å². The van der Waals surface area contributed by atoms with Crippen LogP contribution in [0.15, 0.2) is 48.5 Å². The molecule has 2 aromatic carbocycles. The summed E-state index contributed by atoms with van der Waals surface area (Å²) in [7, 11) is 0. The lowest BCUT2D eigenvalue weighted by Gasteiger charge is -2.07. The van der Waals surface area contributed by atoms with Gasteiger partial charge in [-0.15, -0.1) is 0 Å². The number of carboxylic acid groups (broad SMARTS) is 1. The average molecular weight is 284 g/mol. The van der Waals surface area contributed by atoms with Crippen molar-refractivity contribution >= 4 is 17.9 Å². The SMILES string of the molecule is Cc1ccccc1C(=O)OC(=O)c1ccccc1C(=O)O. The van der Waals surface area contributed by atoms with Gasteiger partial charge in [-0.2, -0.15) is 0 Å². The topological polar surface area (TPSA) is 80.7 Å². The minimum absolute atomic E-state index is 0.160. The first kappa shape index (κ1) is 14.5. The van der Waals surface area contributed by atoms with Crippen LogP contribution in [-0.4, -0.2) is 23.0 Å². The second-order valence-electron chi connectivity index (χ2n) is 4.34. The summed E-state index contributed by atoms with van der Waals surface area (Å²) in [5.74, 6) is -3.05. The van der Waals surface area contributed by atoms with Gasteiger partial charge >= 0.3 is 17.9 Å². The molecular formula is C16H12O5. The monoisotopic (exact) mass is 284 g/mol. The van der Waals surface area contributed by atoms with Crippen molar-refractivity contribution in [1.82, 2.24) is 0 Å². The Kier molecular flexibility index (Phi) is 4.13. The molecule has 0 bridgehead atoms. The highest BCUT2D eigenvalue weighted by Gasteiger charge is 2.21. The zero-order valence-corrected chi connectivity index (χ0v) is 11.2. The fourth-order valence-electron chi connectivity index (χ4n) is 1.84. The van der Waals surface area contributed by atoms with Crippen LogP contribution in [0.5, 0.6) is 0 Å². The van der Waals surface area contributed by atoms with E-state index in [2.05, 4.69) is 0 Å². The smallest absolute Gasteiger partial charge is 0.346 e. The largest absolute Gasteiger partial charge is 0.478 e. The van der Waals surface area contributed by atoms with Crippen molar-refractivity contribution in [2.45, 2.75) is 6.92 Å². The first-order valence-corrected chi connectivity index (χ1v) is 6.15. The zero-order chi connectivity index (χ0) is 15.4. The van der Waals surface area contributed by atoms with E-state index in [0.29, 0.717) is 5.56 Å². The van der Waals surface area contributed by atoms with Gasteiger partial charge in [0.25, 0.3) is 0 Å². The van der Waals surface area contributed by atoms with Gasteiger partial charge in [0.2, 0.25) is 0 Å². The Labute approximate surface area is 120 Å². The summed E-state index contributed by atoms with van der Waals surface area (Å²) in [6.45, 7) is 1.71. The predicted octanol–water partition coefficient (Wildman–Crippen LogP) is 2.69. The van der Waals surface area contributed by atoms with Gasteiger partial charge in [-0.05, 0) is 30.7 Å². The number of ether oxygens (including phenoxy) is 1. The molecule has 0 unspecified atom stereocenters. The van der Waals surface area contributed by atoms with Crippen molar-refractivity contribution in [3.63, 3.8) is 0 Å². The van der Waals surface area contributed by atoms with Crippen LogP contribution >= 0.6 is 0 Å². The van der Waals surface area contributed by atoms with Crippen LogP contribution in [0.2, 0.25) is 0 Å². The third-order valence-corrected chi connectivity index (χ3v) is 2.93. The molecule has 2 rings (SSSR count). The van der Waals surface area contributed by atoms with E-state index in [-0.39, 0.29) is 16.7 Å². The first-order valence-electron chi connectivity index (χ1n) is 6.15. The standard InChI is InChI=1S/C16H12O5/c1-10-6-2-3-7-11(10)15(19)21-16(20)13-9-5-4-8-12(13)14(17)18/h2-9H,1H3,(H,17,18). The molecule has 0 saturated carbocycles. The number of aromatic carboxylic acids is 1. The first-order chi connectivity index (χ1) is 10.0. The number of carbonyl (C=O) groups is 3. The van der Waals surface area contributed by atoms with Gasteiger partial charge in [0.1, 0.15) is 0 Å². The molecule has 0 fully saturated rings. The lowest BCUT2D eigenvalue weighted by molar-refractivity contribution is 0.0391. The van der Waals surface area contributed by atoms with Gasteiger partial charge in [-0.25, -0.2) is 14.4 Å². The average Bonchev–Trinajstić information content (AvgIpc) is 2.47. The third kappa shape index (κ3) is 3.14. The Morgan fingerprint density at radius 3 is 1.86 bits per heavy atom. The van der Waals surface area contributed by atoms with E-state index in [1.165, 1.54) is 30.3 Å². The molecule has 0 aromatic heterocycles. The molecule has 0 aliphatic heterocycles. The Morgan fingerprint density at radius 2 is 1.29 bits per heavy atom. The Bertz CT molecular complexity index is 718. The van der Waals surface area contributed by atoms with Gasteiger partial charge in [0, 0.05) is 0 Å². The van der Waals surface area contributed by atoms with E-state index in [1.54, 1.807) is 25.1 Å². The van der Waals surface area contributed by atoms with E-state index in [0.717, 1.165) is 0 Å². The minimum Gasteiger partial charge on any atom is -0.478 e. The van der Waals surface area contributed by atoms with Crippen molar-refractivity contribution in [3.05, 3.63) is 70.8 Å². The summed E-state index contributed by atoms with van der Waals surface area (Å²) >= 11 is 0. The Hall–Kier alpha value is -2.95. The highest BCUT2D eigenvalue weighted by Crippen LogP contribution is 2.13. The number of rotatable bonds is 3. The summed E-state index contributed by atoms with van der Waals surface area (Å²) in [4.78, 5) is 34.9. The summed E-state index contributed by atoms with van der Waals surface area (Å²) in [5, 5.41) is 9.02. The molecular weight excluding hydrogens is 272 g/mol. The Morgan fingerprint density at radius 1 is 0.810 bits per heavy atom. The van der Waals surface area contributed by atoms with Crippen LogP contribution in [0.25, 0.3) is 0 Å². The van der Waals surface area contributed by atoms with Crippen LogP contribution in [0.3, 0.4) is 0 Å². The number of aryl methyl sites for hydroxylation is 1. The summed E-state index contributed by atoms with van der Waals surface area (Å²) < 4.78 is 4.75. The second-order valence-corrected chi connectivity index (χ2v) is 4.34. The zero-order valence-electron chi connectivity index (χ0n) is 11.2. The molecule has 0 aliphatic carbocycles. The molecule has 0 atom stereocenters. The molecule has 0 saturated heterocycles. The molecule has 0 heterocycles. The van der Waals surface area contributed by atoms with Crippen molar-refractivity contribution < 1.29 is 24.2 Å². The van der Waals surface area contributed by atoms with Crippen molar-refractivity contribution in [2.75, 3.05) is 0 Å². The van der Waals surface area contributed by atoms with Gasteiger partial charge in [0.15, 0.2) is 0 Å². The molecule has 0 radical (unpaired) electrons. The van der Waals surface area contributed by atoms with Crippen LogP contribution in [-0.2, 0) is 4.74 Å². The maximum atomic E-state index is 12.0. The summed E-state index contributed by atoms with van der Waals surface area (Å²) in [6.07, 6.45) is 0. The summed E-state index contributed by atoms with van der Waals surface area (Å²) in [5.41, 5.74) is 0.562. The maximum Gasteiger partial charge on any atom is 0.346 e. The molecule has 5 heteroatoms. The molecule has 5 nitrogen and oxygen atoms in total.